The summed E-state index contributed by atoms with van der Waals surface area (Å²) in [5.74, 6) is -1.50. The number of fused-ring (bicyclic) bond motifs is 1. The molecule has 1 aromatic carbocycles. The van der Waals surface area contributed by atoms with Crippen LogP contribution in [0.5, 0.6) is 0 Å². The Morgan fingerprint density at radius 3 is 2.70 bits per heavy atom. The second kappa shape index (κ2) is 6.42. The number of nitrogens with one attached hydrogen (secondary N) is 1. The van der Waals surface area contributed by atoms with E-state index in [1.165, 1.54) is 17.3 Å². The van der Waals surface area contributed by atoms with Gasteiger partial charge in [0.2, 0.25) is 0 Å². The van der Waals surface area contributed by atoms with Crippen molar-refractivity contribution in [1.29, 1.82) is 0 Å². The number of aliphatic hydroxyl groups excluding tert-OH is 1. The first-order chi connectivity index (χ1) is 11.1. The van der Waals surface area contributed by atoms with Crippen LogP contribution in [0.15, 0.2) is 52.1 Å². The normalized spacial score (nSPS) is 19.6. The molecule has 0 saturated carbocycles. The molecule has 0 aromatic heterocycles. The molecule has 0 saturated heterocycles. The SMILES string of the molecule is CCc1ccc(CNC(=O)C2=C(O)C3SC=CC3=NC2=O)cc1. The van der Waals surface area contributed by atoms with Crippen LogP contribution in [-0.2, 0) is 22.6 Å². The summed E-state index contributed by atoms with van der Waals surface area (Å²) in [5, 5.41) is 14.2. The van der Waals surface area contributed by atoms with Crippen LogP contribution in [0.25, 0.3) is 0 Å². The Balaban J connectivity index is 1.70. The zero-order valence-electron chi connectivity index (χ0n) is 12.6. The van der Waals surface area contributed by atoms with E-state index in [-0.39, 0.29) is 11.3 Å². The van der Waals surface area contributed by atoms with E-state index in [1.807, 2.05) is 24.3 Å². The van der Waals surface area contributed by atoms with Gasteiger partial charge >= 0.3 is 0 Å². The summed E-state index contributed by atoms with van der Waals surface area (Å²) in [4.78, 5) is 28.1. The third-order valence-electron chi connectivity index (χ3n) is 3.78. The fourth-order valence-electron chi connectivity index (χ4n) is 2.44. The number of aryl methyl sites for hydroxylation is 1. The monoisotopic (exact) mass is 328 g/mol. The first-order valence-electron chi connectivity index (χ1n) is 7.34. The first kappa shape index (κ1) is 15.6. The van der Waals surface area contributed by atoms with Gasteiger partial charge in [0.05, 0.1) is 5.71 Å². The van der Waals surface area contributed by atoms with Crippen LogP contribution in [0.3, 0.4) is 0 Å². The lowest BCUT2D eigenvalue weighted by molar-refractivity contribution is -0.122. The maximum absolute atomic E-state index is 12.3. The van der Waals surface area contributed by atoms with Crippen molar-refractivity contribution in [3.8, 4) is 0 Å². The minimum absolute atomic E-state index is 0.214. The van der Waals surface area contributed by atoms with Gasteiger partial charge in [-0.3, -0.25) is 9.59 Å². The number of rotatable bonds is 4. The van der Waals surface area contributed by atoms with Crippen LogP contribution >= 0.6 is 11.8 Å². The molecule has 5 nitrogen and oxygen atoms in total. The van der Waals surface area contributed by atoms with E-state index < -0.39 is 17.1 Å². The standard InChI is InChI=1S/C17H16N2O3S/c1-2-10-3-5-11(6-4-10)9-18-16(21)13-14(20)15-12(7-8-23-15)19-17(13)22/h3-8,15,20H,2,9H2,1H3,(H,18,21). The summed E-state index contributed by atoms with van der Waals surface area (Å²) in [6.07, 6.45) is 2.63. The number of carbonyl (C=O) groups is 2. The van der Waals surface area contributed by atoms with Crippen LogP contribution in [0.4, 0.5) is 0 Å². The molecule has 0 fully saturated rings. The highest BCUT2D eigenvalue weighted by Crippen LogP contribution is 2.32. The van der Waals surface area contributed by atoms with E-state index in [9.17, 15) is 14.7 Å². The Morgan fingerprint density at radius 2 is 2.00 bits per heavy atom. The molecule has 23 heavy (non-hydrogen) atoms. The van der Waals surface area contributed by atoms with Crippen LogP contribution in [0.1, 0.15) is 18.1 Å². The lowest BCUT2D eigenvalue weighted by Crippen LogP contribution is -2.34. The van der Waals surface area contributed by atoms with E-state index in [2.05, 4.69) is 17.2 Å². The number of hydrogen-bond acceptors (Lipinski definition) is 4. The predicted octanol–water partition coefficient (Wildman–Crippen LogP) is 2.29. The van der Waals surface area contributed by atoms with Gasteiger partial charge < -0.3 is 10.4 Å². The average molecular weight is 328 g/mol. The lowest BCUT2D eigenvalue weighted by atomic mass is 10.0. The van der Waals surface area contributed by atoms with Crippen molar-refractivity contribution in [2.75, 3.05) is 0 Å². The van der Waals surface area contributed by atoms with Crippen LogP contribution in [-0.4, -0.2) is 27.9 Å². The van der Waals surface area contributed by atoms with Crippen molar-refractivity contribution >= 4 is 29.3 Å². The number of dihydropyridines is 1. The molecular formula is C17H16N2O3S. The Hall–Kier alpha value is -2.34. The van der Waals surface area contributed by atoms with Gasteiger partial charge in [0.25, 0.3) is 11.8 Å². The second-order valence-corrected chi connectivity index (χ2v) is 6.29. The van der Waals surface area contributed by atoms with Crippen molar-refractivity contribution in [2.45, 2.75) is 25.1 Å². The molecule has 0 radical (unpaired) electrons. The topological polar surface area (TPSA) is 78.8 Å². The summed E-state index contributed by atoms with van der Waals surface area (Å²) in [7, 11) is 0. The molecule has 1 aromatic rings. The van der Waals surface area contributed by atoms with Crippen molar-refractivity contribution in [3.63, 3.8) is 0 Å². The third kappa shape index (κ3) is 3.07. The van der Waals surface area contributed by atoms with E-state index in [1.54, 1.807) is 11.5 Å². The molecule has 118 valence electrons. The second-order valence-electron chi connectivity index (χ2n) is 5.27. The van der Waals surface area contributed by atoms with Crippen LogP contribution in [0.2, 0.25) is 0 Å². The minimum atomic E-state index is -0.695. The summed E-state index contributed by atoms with van der Waals surface area (Å²) >= 11 is 1.32. The van der Waals surface area contributed by atoms with Gasteiger partial charge in [-0.25, -0.2) is 4.99 Å². The Kier molecular flexibility index (Phi) is 4.34. The third-order valence-corrected chi connectivity index (χ3v) is 4.81. The smallest absolute Gasteiger partial charge is 0.286 e. The number of allylic oxidation sites excluding steroid dienone is 1. The molecule has 2 heterocycles. The maximum Gasteiger partial charge on any atom is 0.286 e. The number of benzene rings is 1. The van der Waals surface area contributed by atoms with Gasteiger partial charge in [-0.2, -0.15) is 0 Å². The molecule has 3 rings (SSSR count). The molecule has 1 unspecified atom stereocenters. The Morgan fingerprint density at radius 1 is 1.30 bits per heavy atom. The lowest BCUT2D eigenvalue weighted by Gasteiger charge is -2.18. The summed E-state index contributed by atoms with van der Waals surface area (Å²) in [6, 6.07) is 7.87. The van der Waals surface area contributed by atoms with Gasteiger partial charge in [0.15, 0.2) is 0 Å². The number of nitrogens with zero attached hydrogens (tertiary/aromatic N) is 1. The zero-order chi connectivity index (χ0) is 16.4. The van der Waals surface area contributed by atoms with Crippen LogP contribution in [0, 0.1) is 0 Å². The Labute approximate surface area is 138 Å². The highest BCUT2D eigenvalue weighted by Gasteiger charge is 2.36. The van der Waals surface area contributed by atoms with Gasteiger partial charge in [-0.15, -0.1) is 11.8 Å². The van der Waals surface area contributed by atoms with Crippen LogP contribution < -0.4 is 5.32 Å². The summed E-state index contributed by atoms with van der Waals surface area (Å²) in [5.41, 5.74) is 2.37. The van der Waals surface area contributed by atoms with E-state index in [0.717, 1.165) is 12.0 Å². The largest absolute Gasteiger partial charge is 0.510 e. The fourth-order valence-corrected chi connectivity index (χ4v) is 3.33. The Bertz CT molecular complexity index is 748. The fraction of sp³-hybridized carbons (Fsp3) is 0.235. The van der Waals surface area contributed by atoms with Gasteiger partial charge in [0.1, 0.15) is 16.6 Å². The van der Waals surface area contributed by atoms with E-state index in [4.69, 9.17) is 0 Å². The molecule has 2 amide bonds. The highest BCUT2D eigenvalue weighted by molar-refractivity contribution is 8.04. The molecule has 6 heteroatoms. The summed E-state index contributed by atoms with van der Waals surface area (Å²) in [6.45, 7) is 2.37. The minimum Gasteiger partial charge on any atom is -0.510 e. The number of aliphatic imine (C=N–C) groups is 1. The van der Waals surface area contributed by atoms with Gasteiger partial charge in [-0.1, -0.05) is 31.2 Å². The molecule has 0 aliphatic carbocycles. The molecular weight excluding hydrogens is 312 g/mol. The molecule has 0 bridgehead atoms. The number of aliphatic hydroxyl groups is 1. The van der Waals surface area contributed by atoms with Crippen molar-refractivity contribution in [3.05, 3.63) is 58.2 Å². The van der Waals surface area contributed by atoms with Crippen molar-refractivity contribution < 1.29 is 14.7 Å². The number of amides is 2. The van der Waals surface area contributed by atoms with Crippen molar-refractivity contribution in [2.24, 2.45) is 4.99 Å². The predicted molar refractivity (Wildman–Crippen MR) is 90.3 cm³/mol. The average Bonchev–Trinajstić information content (AvgIpc) is 3.02. The number of thioether (sulfide) groups is 1. The number of carbonyl (C=O) groups excluding carboxylic acids is 2. The van der Waals surface area contributed by atoms with Gasteiger partial charge in [-0.05, 0) is 29.0 Å². The van der Waals surface area contributed by atoms with Crippen molar-refractivity contribution in [1.82, 2.24) is 5.32 Å². The summed E-state index contributed by atoms with van der Waals surface area (Å²) < 4.78 is 0. The molecule has 2 aliphatic heterocycles. The highest BCUT2D eigenvalue weighted by atomic mass is 32.2. The van der Waals surface area contributed by atoms with Gasteiger partial charge in [0, 0.05) is 6.54 Å². The number of hydrogen-bond donors (Lipinski definition) is 2. The first-order valence-corrected chi connectivity index (χ1v) is 8.28. The maximum atomic E-state index is 12.3. The molecule has 0 spiro atoms. The quantitative estimate of drug-likeness (QED) is 0.831. The molecule has 2 N–H and O–H groups in total. The van der Waals surface area contributed by atoms with E-state index >= 15 is 0 Å². The zero-order valence-corrected chi connectivity index (χ0v) is 13.4. The molecule has 2 aliphatic rings. The molecule has 1 atom stereocenters. The van der Waals surface area contributed by atoms with E-state index in [0.29, 0.717) is 12.3 Å².